The van der Waals surface area contributed by atoms with Gasteiger partial charge in [0.1, 0.15) is 12.2 Å². The van der Waals surface area contributed by atoms with E-state index in [1.54, 1.807) is 0 Å². The molecule has 0 aliphatic carbocycles. The molecule has 0 bridgehead atoms. The Kier molecular flexibility index (Phi) is 14.0. The van der Waals surface area contributed by atoms with Gasteiger partial charge >= 0.3 is 12.2 Å². The molecule has 16 nitrogen and oxygen atoms in total. The van der Waals surface area contributed by atoms with E-state index in [2.05, 4.69) is 20.7 Å². The molecule has 10 atom stereocenters. The molecule has 6 rings (SSSR count). The number of benzene rings is 2. The summed E-state index contributed by atoms with van der Waals surface area (Å²) in [6.45, 7) is 1.78. The van der Waals surface area contributed by atoms with Crippen LogP contribution in [-0.2, 0) is 41.3 Å². The third kappa shape index (κ3) is 10.5. The molecule has 2 aromatic carbocycles. The summed E-state index contributed by atoms with van der Waals surface area (Å²) in [5.74, 6) is 0.129. The largest absolute Gasteiger partial charge is 0.443 e. The maximum absolute atomic E-state index is 12.3. The molecule has 50 heavy (non-hydrogen) atoms. The number of carbonyl (C=O) groups is 2. The van der Waals surface area contributed by atoms with Gasteiger partial charge in [-0.25, -0.2) is 9.59 Å². The van der Waals surface area contributed by atoms with E-state index >= 15 is 0 Å². The Morgan fingerprint density at radius 2 is 1.26 bits per heavy atom. The molecule has 0 saturated carbocycles. The van der Waals surface area contributed by atoms with Crippen LogP contribution in [0.25, 0.3) is 10.4 Å². The van der Waals surface area contributed by atoms with Crippen LogP contribution < -0.4 is 16.4 Å². The van der Waals surface area contributed by atoms with Crippen molar-refractivity contribution < 1.29 is 48.2 Å². The molecule has 4 heterocycles. The van der Waals surface area contributed by atoms with E-state index < -0.39 is 36.5 Å². The minimum atomic E-state index is -1.03. The molecule has 0 radical (unpaired) electrons. The first-order valence-electron chi connectivity index (χ1n) is 16.9. The van der Waals surface area contributed by atoms with Crippen molar-refractivity contribution in [3.63, 3.8) is 0 Å². The van der Waals surface area contributed by atoms with Crippen molar-refractivity contribution in [2.75, 3.05) is 39.5 Å². The van der Waals surface area contributed by atoms with Crippen molar-refractivity contribution in [3.05, 3.63) is 82.2 Å². The van der Waals surface area contributed by atoms with Crippen LogP contribution in [0, 0.1) is 11.8 Å². The monoisotopic (exact) mass is 698 g/mol. The van der Waals surface area contributed by atoms with Gasteiger partial charge < -0.3 is 55.0 Å². The number of nitrogens with two attached hydrogens (primary N) is 1. The summed E-state index contributed by atoms with van der Waals surface area (Å²) in [5, 5.41) is 29.2. The standard InChI is InChI=1S/C17H22N4O5.C17H24N2O5/c18-21-19-9-14(22)13(8-11-4-2-1-3-5-11)20-17(23)26-15-10-25-16-12(15)6-7-24-16;18-9-14(20)13(8-11-4-2-1-3-5-11)19-17(21)24-15-10-23-16-12(15)6-7-22-16/h1-5,12-16,22H,6-10H2,(H,20,23);1-5,12-16,20H,6-10,18H2,(H,19,21)/t2*12-,13+,14-,15-,16+/m11/s1. The lowest BCUT2D eigenvalue weighted by Crippen LogP contribution is -2.49. The number of hydrogen-bond acceptors (Lipinski definition) is 12. The van der Waals surface area contributed by atoms with E-state index in [1.807, 2.05) is 60.7 Å². The molecular formula is C34H46N6O10. The van der Waals surface area contributed by atoms with Gasteiger partial charge in [0, 0.05) is 11.5 Å². The molecule has 272 valence electrons. The van der Waals surface area contributed by atoms with Crippen molar-refractivity contribution in [2.45, 2.75) is 74.8 Å². The first-order chi connectivity index (χ1) is 24.3. The molecular weight excluding hydrogens is 652 g/mol. The van der Waals surface area contributed by atoms with E-state index in [4.69, 9.17) is 39.7 Å². The van der Waals surface area contributed by atoms with Gasteiger partial charge in [0.05, 0.1) is 69.1 Å². The summed E-state index contributed by atoms with van der Waals surface area (Å²) < 4.78 is 32.7. The topological polar surface area (TPSA) is 229 Å². The zero-order valence-electron chi connectivity index (χ0n) is 27.7. The van der Waals surface area contributed by atoms with Crippen LogP contribution in [0.4, 0.5) is 9.59 Å². The zero-order valence-corrected chi connectivity index (χ0v) is 27.7. The average molecular weight is 699 g/mol. The highest BCUT2D eigenvalue weighted by Gasteiger charge is 2.45. The van der Waals surface area contributed by atoms with Gasteiger partial charge in [0.15, 0.2) is 12.6 Å². The molecule has 4 aliphatic heterocycles. The van der Waals surface area contributed by atoms with Crippen LogP contribution in [0.1, 0.15) is 24.0 Å². The lowest BCUT2D eigenvalue weighted by molar-refractivity contribution is -0.0909. The Balaban J connectivity index is 0.000000195. The molecule has 4 saturated heterocycles. The van der Waals surface area contributed by atoms with Gasteiger partial charge in [-0.3, -0.25) is 0 Å². The summed E-state index contributed by atoms with van der Waals surface area (Å²) in [6.07, 6.45) is -1.85. The van der Waals surface area contributed by atoms with E-state index in [9.17, 15) is 19.8 Å². The number of aliphatic hydroxyl groups excluding tert-OH is 2. The van der Waals surface area contributed by atoms with Gasteiger partial charge in [0.2, 0.25) is 0 Å². The highest BCUT2D eigenvalue weighted by molar-refractivity contribution is 5.68. The number of fused-ring (bicyclic) bond motifs is 2. The summed E-state index contributed by atoms with van der Waals surface area (Å²) >= 11 is 0. The molecule has 0 unspecified atom stereocenters. The number of amides is 2. The average Bonchev–Trinajstić information content (AvgIpc) is 3.93. The zero-order chi connectivity index (χ0) is 35.3. The highest BCUT2D eigenvalue weighted by Crippen LogP contribution is 2.34. The number of hydrogen-bond donors (Lipinski definition) is 5. The Labute approximate surface area is 290 Å². The smallest absolute Gasteiger partial charge is 0.407 e. The normalized spacial score (nSPS) is 27.3. The van der Waals surface area contributed by atoms with E-state index in [-0.39, 0.29) is 49.7 Å². The molecule has 0 spiro atoms. The number of aliphatic hydroxyl groups is 2. The molecule has 4 aliphatic rings. The number of azide groups is 1. The fourth-order valence-electron chi connectivity index (χ4n) is 6.46. The lowest BCUT2D eigenvalue weighted by atomic mass is 10.0. The number of ether oxygens (including phenoxy) is 6. The minimum Gasteiger partial charge on any atom is -0.443 e. The number of nitrogens with zero attached hydrogens (tertiary/aromatic N) is 3. The fraction of sp³-hybridized carbons (Fsp3) is 0.588. The second-order valence-electron chi connectivity index (χ2n) is 12.6. The summed E-state index contributed by atoms with van der Waals surface area (Å²) in [7, 11) is 0. The van der Waals surface area contributed by atoms with Crippen LogP contribution in [0.5, 0.6) is 0 Å². The number of rotatable bonds is 13. The minimum absolute atomic E-state index is 0.0430. The Morgan fingerprint density at radius 1 is 0.800 bits per heavy atom. The Morgan fingerprint density at radius 3 is 1.70 bits per heavy atom. The third-order valence-electron chi connectivity index (χ3n) is 9.19. The van der Waals surface area contributed by atoms with Gasteiger partial charge in [-0.15, -0.1) is 0 Å². The summed E-state index contributed by atoms with van der Waals surface area (Å²) in [6, 6.07) is 17.9. The molecule has 0 aromatic heterocycles. The Hall–Kier alpha value is -3.99. The van der Waals surface area contributed by atoms with E-state index in [1.165, 1.54) is 0 Å². The van der Waals surface area contributed by atoms with Gasteiger partial charge in [-0.2, -0.15) is 0 Å². The molecule has 6 N–H and O–H groups in total. The van der Waals surface area contributed by atoms with Crippen LogP contribution in [0.2, 0.25) is 0 Å². The second-order valence-corrected chi connectivity index (χ2v) is 12.6. The molecule has 2 amide bonds. The molecule has 4 fully saturated rings. The Bertz CT molecular complexity index is 1400. The number of nitrogens with one attached hydrogen (secondary N) is 2. The maximum Gasteiger partial charge on any atom is 0.407 e. The highest BCUT2D eigenvalue weighted by atomic mass is 16.7. The second kappa shape index (κ2) is 18.8. The number of carbonyl (C=O) groups excluding carboxylic acids is 2. The lowest BCUT2D eigenvalue weighted by Gasteiger charge is -2.24. The predicted octanol–water partition coefficient (Wildman–Crippen LogP) is 2.16. The van der Waals surface area contributed by atoms with Crippen LogP contribution in [0.3, 0.4) is 0 Å². The van der Waals surface area contributed by atoms with Crippen molar-refractivity contribution >= 4 is 12.2 Å². The van der Waals surface area contributed by atoms with Crippen molar-refractivity contribution in [1.29, 1.82) is 0 Å². The van der Waals surface area contributed by atoms with Gasteiger partial charge in [0.25, 0.3) is 0 Å². The van der Waals surface area contributed by atoms with E-state index in [0.717, 1.165) is 24.0 Å². The SMILES string of the molecule is NC[C@@H](O)[C@H](Cc1ccccc1)NC(=O)O[C@@H]1CO[C@@H]2OCC[C@@H]21.[N-]=[N+]=NC[C@@H](O)[C@H](Cc1ccccc1)NC(=O)O[C@@H]1CO[C@@H]2OCC[C@@H]21. The van der Waals surface area contributed by atoms with Gasteiger partial charge in [-0.1, -0.05) is 65.8 Å². The number of alkyl carbamates (subject to hydrolysis) is 2. The van der Waals surface area contributed by atoms with Crippen LogP contribution in [0.15, 0.2) is 65.8 Å². The third-order valence-corrected chi connectivity index (χ3v) is 9.19. The first kappa shape index (κ1) is 37.3. The van der Waals surface area contributed by atoms with Crippen molar-refractivity contribution in [2.24, 2.45) is 22.7 Å². The van der Waals surface area contributed by atoms with E-state index in [0.29, 0.717) is 39.3 Å². The fourth-order valence-corrected chi connectivity index (χ4v) is 6.46. The molecule has 2 aromatic rings. The summed E-state index contributed by atoms with van der Waals surface area (Å²) in [5.41, 5.74) is 16.0. The quantitative estimate of drug-likeness (QED) is 0.116. The van der Waals surface area contributed by atoms with Gasteiger partial charge in [-0.05, 0) is 42.3 Å². The molecule has 16 heteroatoms. The predicted molar refractivity (Wildman–Crippen MR) is 177 cm³/mol. The maximum atomic E-state index is 12.3. The first-order valence-corrected chi connectivity index (χ1v) is 16.9. The van der Waals surface area contributed by atoms with Crippen molar-refractivity contribution in [1.82, 2.24) is 10.6 Å². The van der Waals surface area contributed by atoms with Crippen LogP contribution >= 0.6 is 0 Å². The summed E-state index contributed by atoms with van der Waals surface area (Å²) in [4.78, 5) is 27.2. The van der Waals surface area contributed by atoms with Crippen molar-refractivity contribution in [3.8, 4) is 0 Å². The van der Waals surface area contributed by atoms with Crippen LogP contribution in [-0.4, -0.2) is 111 Å².